The first-order valence-corrected chi connectivity index (χ1v) is 9.25. The highest BCUT2D eigenvalue weighted by Crippen LogP contribution is 2.42. The van der Waals surface area contributed by atoms with E-state index in [1.807, 2.05) is 18.2 Å². The van der Waals surface area contributed by atoms with Crippen molar-refractivity contribution in [1.82, 2.24) is 15.1 Å². The fraction of sp³-hybridized carbons (Fsp3) is 0.300. The summed E-state index contributed by atoms with van der Waals surface area (Å²) in [5.74, 6) is -1.75. The van der Waals surface area contributed by atoms with Gasteiger partial charge in [0, 0.05) is 29.4 Å². The molecule has 0 atom stereocenters. The van der Waals surface area contributed by atoms with Crippen molar-refractivity contribution in [2.45, 2.75) is 30.9 Å². The Morgan fingerprint density at radius 1 is 1.19 bits per heavy atom. The number of carboxylic acid groups (broad SMARTS) is 1. The summed E-state index contributed by atoms with van der Waals surface area (Å²) < 4.78 is 37.1. The van der Waals surface area contributed by atoms with E-state index < -0.39 is 12.1 Å². The Bertz CT molecular complexity index is 1040. The maximum atomic E-state index is 10.6. The highest BCUT2D eigenvalue weighted by molar-refractivity contribution is 5.73. The van der Waals surface area contributed by atoms with Crippen LogP contribution in [0.2, 0.25) is 0 Å². The number of phenolic OH excluding ortho intramolecular Hbond substituents is 1. The zero-order valence-electron chi connectivity index (χ0n) is 16.1. The highest BCUT2D eigenvalue weighted by Gasteiger charge is 2.39. The molecule has 0 spiro atoms. The predicted molar refractivity (Wildman–Crippen MR) is 103 cm³/mol. The van der Waals surface area contributed by atoms with Crippen LogP contribution in [0.25, 0.3) is 22.8 Å². The lowest BCUT2D eigenvalue weighted by Gasteiger charge is -2.40. The number of benzene rings is 1. The van der Waals surface area contributed by atoms with E-state index in [1.54, 1.807) is 24.4 Å². The monoisotopic (exact) mass is 436 g/mol. The molecule has 1 aromatic carbocycles. The maximum Gasteiger partial charge on any atom is 0.490 e. The van der Waals surface area contributed by atoms with E-state index in [2.05, 4.69) is 15.1 Å². The molecule has 8 nitrogen and oxygen atoms in total. The number of nitrogens with zero attached hydrogens (tertiary/aromatic N) is 3. The summed E-state index contributed by atoms with van der Waals surface area (Å²) in [5, 5.41) is 20.6. The number of alkyl halides is 3. The molecule has 0 saturated heterocycles. The summed E-state index contributed by atoms with van der Waals surface area (Å²) >= 11 is 0. The van der Waals surface area contributed by atoms with Gasteiger partial charge in [-0.2, -0.15) is 18.2 Å². The van der Waals surface area contributed by atoms with Crippen LogP contribution in [0.3, 0.4) is 0 Å². The van der Waals surface area contributed by atoms with Crippen molar-refractivity contribution in [3.8, 4) is 28.6 Å². The molecule has 164 valence electrons. The average Bonchev–Trinajstić information content (AvgIpc) is 3.18. The van der Waals surface area contributed by atoms with Crippen molar-refractivity contribution >= 4 is 5.97 Å². The Labute approximate surface area is 174 Å². The Kier molecular flexibility index (Phi) is 6.25. The van der Waals surface area contributed by atoms with Gasteiger partial charge < -0.3 is 20.5 Å². The van der Waals surface area contributed by atoms with Crippen LogP contribution in [0.4, 0.5) is 13.2 Å². The number of hydrogen-bond acceptors (Lipinski definition) is 7. The van der Waals surface area contributed by atoms with E-state index in [0.29, 0.717) is 23.8 Å². The standard InChI is InChI=1S/C18H18N4O2.C2HF3O2/c19-11-18(7-2-8-18)15-6-5-13(10-20-15)17-21-16(22-24-17)12-3-1-4-14(23)9-12;3-2(4,5)1(6)7/h1,3-6,9-10,23H,2,7-8,11,19H2;(H,6,7). The topological polar surface area (TPSA) is 135 Å². The Morgan fingerprint density at radius 2 is 1.90 bits per heavy atom. The number of aliphatic carboxylic acids is 1. The summed E-state index contributed by atoms with van der Waals surface area (Å²) in [5.41, 5.74) is 8.47. The van der Waals surface area contributed by atoms with Gasteiger partial charge in [0.2, 0.25) is 5.82 Å². The van der Waals surface area contributed by atoms with Crippen molar-refractivity contribution in [2.75, 3.05) is 6.54 Å². The molecule has 0 radical (unpaired) electrons. The van der Waals surface area contributed by atoms with Crippen LogP contribution in [-0.2, 0) is 10.2 Å². The lowest BCUT2D eigenvalue weighted by molar-refractivity contribution is -0.192. The highest BCUT2D eigenvalue weighted by atomic mass is 19.4. The number of carboxylic acids is 1. The van der Waals surface area contributed by atoms with Crippen LogP contribution < -0.4 is 5.73 Å². The van der Waals surface area contributed by atoms with Gasteiger partial charge in [-0.25, -0.2) is 4.79 Å². The molecular formula is C20H19F3N4O4. The second-order valence-electron chi connectivity index (χ2n) is 7.05. The Hall–Kier alpha value is -3.47. The van der Waals surface area contributed by atoms with Gasteiger partial charge in [-0.05, 0) is 37.1 Å². The second kappa shape index (κ2) is 8.72. The molecule has 31 heavy (non-hydrogen) atoms. The van der Waals surface area contributed by atoms with E-state index in [1.165, 1.54) is 6.42 Å². The van der Waals surface area contributed by atoms with Crippen LogP contribution in [0.1, 0.15) is 25.0 Å². The predicted octanol–water partition coefficient (Wildman–Crippen LogP) is 3.52. The zero-order valence-corrected chi connectivity index (χ0v) is 16.1. The van der Waals surface area contributed by atoms with Gasteiger partial charge in [0.1, 0.15) is 5.75 Å². The molecule has 0 amide bonds. The van der Waals surface area contributed by atoms with E-state index >= 15 is 0 Å². The molecule has 0 aliphatic heterocycles. The Morgan fingerprint density at radius 3 is 2.39 bits per heavy atom. The third kappa shape index (κ3) is 5.00. The molecule has 0 unspecified atom stereocenters. The fourth-order valence-electron chi connectivity index (χ4n) is 3.11. The van der Waals surface area contributed by atoms with Gasteiger partial charge in [0.15, 0.2) is 0 Å². The van der Waals surface area contributed by atoms with Crippen molar-refractivity contribution in [2.24, 2.45) is 5.73 Å². The Balaban J connectivity index is 0.000000339. The summed E-state index contributed by atoms with van der Waals surface area (Å²) in [6.45, 7) is 0.627. The van der Waals surface area contributed by atoms with Crippen molar-refractivity contribution in [3.05, 3.63) is 48.3 Å². The van der Waals surface area contributed by atoms with Gasteiger partial charge in [0.05, 0.1) is 5.56 Å². The fourth-order valence-corrected chi connectivity index (χ4v) is 3.11. The number of aromatic nitrogens is 3. The van der Waals surface area contributed by atoms with E-state index in [0.717, 1.165) is 24.1 Å². The molecule has 1 saturated carbocycles. The molecule has 2 heterocycles. The van der Waals surface area contributed by atoms with Crippen LogP contribution in [0, 0.1) is 0 Å². The third-order valence-electron chi connectivity index (χ3n) is 5.03. The number of rotatable bonds is 4. The lowest BCUT2D eigenvalue weighted by atomic mass is 9.66. The minimum atomic E-state index is -5.08. The normalized spacial score (nSPS) is 14.8. The summed E-state index contributed by atoms with van der Waals surface area (Å²) in [6, 6.07) is 10.7. The summed E-state index contributed by atoms with van der Waals surface area (Å²) in [6.07, 6.45) is 0.0680. The molecule has 3 aromatic rings. The van der Waals surface area contributed by atoms with Gasteiger partial charge >= 0.3 is 12.1 Å². The molecule has 1 aliphatic carbocycles. The van der Waals surface area contributed by atoms with E-state index in [4.69, 9.17) is 20.2 Å². The van der Waals surface area contributed by atoms with Gasteiger partial charge in [-0.3, -0.25) is 4.98 Å². The van der Waals surface area contributed by atoms with Gasteiger partial charge in [-0.15, -0.1) is 0 Å². The minimum Gasteiger partial charge on any atom is -0.508 e. The molecular weight excluding hydrogens is 417 g/mol. The number of halogens is 3. The van der Waals surface area contributed by atoms with Crippen LogP contribution >= 0.6 is 0 Å². The quantitative estimate of drug-likeness (QED) is 0.565. The molecule has 4 rings (SSSR count). The first kappa shape index (κ1) is 22.2. The first-order valence-electron chi connectivity index (χ1n) is 9.25. The largest absolute Gasteiger partial charge is 0.508 e. The number of nitrogens with two attached hydrogens (primary N) is 1. The van der Waals surface area contributed by atoms with Crippen molar-refractivity contribution in [1.29, 1.82) is 0 Å². The summed E-state index contributed by atoms with van der Waals surface area (Å²) in [7, 11) is 0. The molecule has 4 N–H and O–H groups in total. The smallest absolute Gasteiger partial charge is 0.490 e. The van der Waals surface area contributed by atoms with E-state index in [-0.39, 0.29) is 11.2 Å². The van der Waals surface area contributed by atoms with Crippen molar-refractivity contribution < 1.29 is 32.7 Å². The SMILES string of the molecule is NCC1(c2ccc(-c3nc(-c4cccc(O)c4)no3)cn2)CCC1.O=C(O)C(F)(F)F. The number of pyridine rings is 1. The molecule has 1 fully saturated rings. The third-order valence-corrected chi connectivity index (χ3v) is 5.03. The number of carbonyl (C=O) groups is 1. The first-order chi connectivity index (χ1) is 14.6. The summed E-state index contributed by atoms with van der Waals surface area (Å²) in [4.78, 5) is 17.8. The van der Waals surface area contributed by atoms with Crippen LogP contribution in [0.5, 0.6) is 5.75 Å². The maximum absolute atomic E-state index is 10.6. The van der Waals surface area contributed by atoms with Gasteiger partial charge in [0.25, 0.3) is 5.89 Å². The van der Waals surface area contributed by atoms with Crippen LogP contribution in [0.15, 0.2) is 47.1 Å². The van der Waals surface area contributed by atoms with Gasteiger partial charge in [-0.1, -0.05) is 23.7 Å². The lowest BCUT2D eigenvalue weighted by Crippen LogP contribution is -2.42. The van der Waals surface area contributed by atoms with Crippen molar-refractivity contribution in [3.63, 3.8) is 0 Å². The number of hydrogen-bond donors (Lipinski definition) is 3. The minimum absolute atomic E-state index is 0.0418. The molecule has 0 bridgehead atoms. The number of aromatic hydroxyl groups is 1. The molecule has 1 aliphatic rings. The van der Waals surface area contributed by atoms with E-state index in [9.17, 15) is 18.3 Å². The van der Waals surface area contributed by atoms with Crippen LogP contribution in [-0.4, -0.2) is 44.0 Å². The molecule has 11 heteroatoms. The number of phenols is 1. The molecule has 2 aromatic heterocycles. The zero-order chi connectivity index (χ0) is 22.6. The average molecular weight is 436 g/mol. The second-order valence-corrected chi connectivity index (χ2v) is 7.05.